The zero-order chi connectivity index (χ0) is 28.9. The summed E-state index contributed by atoms with van der Waals surface area (Å²) in [6.45, 7) is 2.05. The number of piperazine rings is 1. The molecule has 0 spiro atoms. The molecule has 0 saturated carbocycles. The van der Waals surface area contributed by atoms with E-state index in [0.29, 0.717) is 31.9 Å². The first-order chi connectivity index (χ1) is 20.5. The number of nitrogens with zero attached hydrogens (tertiary/aromatic N) is 2. The Morgan fingerprint density at radius 3 is 1.88 bits per heavy atom. The highest BCUT2D eigenvalue weighted by atomic mass is 32.2. The number of benzene rings is 5. The molecule has 0 aromatic heterocycles. The van der Waals surface area contributed by atoms with E-state index in [2.05, 4.69) is 34.5 Å². The van der Waals surface area contributed by atoms with Crippen molar-refractivity contribution in [1.29, 1.82) is 0 Å². The van der Waals surface area contributed by atoms with Gasteiger partial charge in [0.05, 0.1) is 17.4 Å². The maximum absolute atomic E-state index is 13.5. The maximum atomic E-state index is 13.5. The standard InChI is InChI=1S/C35H33N3O3S/c39-34(26-30-16-9-15-27-10-7-8-17-33(27)30)36-31-18-20-32(21-19-31)42(40,41)38-24-22-37(23-25-38)35(28-11-3-1-4-12-28)29-13-5-2-6-14-29/h1-21,35H,22-26H2,(H,36,39). The summed E-state index contributed by atoms with van der Waals surface area (Å²) in [7, 11) is -3.66. The second-order valence-corrected chi connectivity index (χ2v) is 12.5. The fraction of sp³-hybridized carbons (Fsp3) is 0.171. The molecule has 0 bridgehead atoms. The summed E-state index contributed by atoms with van der Waals surface area (Å²) in [6.07, 6.45) is 0.235. The molecule has 1 amide bonds. The largest absolute Gasteiger partial charge is 0.326 e. The molecule has 1 N–H and O–H groups in total. The van der Waals surface area contributed by atoms with Gasteiger partial charge in [-0.15, -0.1) is 0 Å². The highest BCUT2D eigenvalue weighted by Crippen LogP contribution is 2.30. The summed E-state index contributed by atoms with van der Waals surface area (Å²) in [5.41, 5.74) is 3.90. The second kappa shape index (κ2) is 12.3. The predicted molar refractivity (Wildman–Crippen MR) is 168 cm³/mol. The third-order valence-electron chi connectivity index (χ3n) is 7.88. The molecule has 1 heterocycles. The zero-order valence-electron chi connectivity index (χ0n) is 23.3. The zero-order valence-corrected chi connectivity index (χ0v) is 24.1. The van der Waals surface area contributed by atoms with Gasteiger partial charge in [-0.2, -0.15) is 4.31 Å². The van der Waals surface area contributed by atoms with E-state index in [0.717, 1.165) is 16.3 Å². The van der Waals surface area contributed by atoms with Gasteiger partial charge >= 0.3 is 0 Å². The first-order valence-corrected chi connectivity index (χ1v) is 15.6. The lowest BCUT2D eigenvalue weighted by molar-refractivity contribution is -0.115. The molecule has 6 rings (SSSR count). The Kier molecular flexibility index (Phi) is 8.15. The molecular weight excluding hydrogens is 542 g/mol. The lowest BCUT2D eigenvalue weighted by atomic mass is 9.96. The van der Waals surface area contributed by atoms with E-state index >= 15 is 0 Å². The fourth-order valence-electron chi connectivity index (χ4n) is 5.77. The number of anilines is 1. The van der Waals surface area contributed by atoms with Crippen LogP contribution in [0.15, 0.2) is 132 Å². The van der Waals surface area contributed by atoms with Gasteiger partial charge in [0.2, 0.25) is 15.9 Å². The van der Waals surface area contributed by atoms with Crippen LogP contribution >= 0.6 is 0 Å². The summed E-state index contributed by atoms with van der Waals surface area (Å²) >= 11 is 0. The molecule has 5 aromatic rings. The lowest BCUT2D eigenvalue weighted by Gasteiger charge is -2.39. The van der Waals surface area contributed by atoms with Gasteiger partial charge in [-0.05, 0) is 51.7 Å². The van der Waals surface area contributed by atoms with Crippen LogP contribution in [0.1, 0.15) is 22.7 Å². The molecule has 0 atom stereocenters. The van der Waals surface area contributed by atoms with Crippen LogP contribution < -0.4 is 5.32 Å². The number of sulfonamides is 1. The summed E-state index contributed by atoms with van der Waals surface area (Å²) in [5.74, 6) is -0.149. The Morgan fingerprint density at radius 1 is 0.667 bits per heavy atom. The van der Waals surface area contributed by atoms with Crippen molar-refractivity contribution in [2.45, 2.75) is 17.4 Å². The number of carbonyl (C=O) groups is 1. The molecule has 0 aliphatic carbocycles. The van der Waals surface area contributed by atoms with Crippen LogP contribution in [-0.4, -0.2) is 49.7 Å². The highest BCUT2D eigenvalue weighted by Gasteiger charge is 2.32. The molecule has 7 heteroatoms. The maximum Gasteiger partial charge on any atom is 0.243 e. The Balaban J connectivity index is 1.10. The molecular formula is C35H33N3O3S. The number of nitrogens with one attached hydrogen (secondary N) is 1. The first kappa shape index (κ1) is 27.8. The Labute approximate surface area is 247 Å². The molecule has 1 aliphatic heterocycles. The van der Waals surface area contributed by atoms with E-state index < -0.39 is 10.0 Å². The van der Waals surface area contributed by atoms with Crippen molar-refractivity contribution in [3.05, 3.63) is 144 Å². The summed E-state index contributed by atoms with van der Waals surface area (Å²) < 4.78 is 28.6. The summed E-state index contributed by atoms with van der Waals surface area (Å²) in [6, 6.07) is 41.2. The van der Waals surface area contributed by atoms with Crippen molar-refractivity contribution in [2.24, 2.45) is 0 Å². The SMILES string of the molecule is O=C(Cc1cccc2ccccc12)Nc1ccc(S(=O)(=O)N2CCN(C(c3ccccc3)c3ccccc3)CC2)cc1. The molecule has 5 aromatic carbocycles. The van der Waals surface area contributed by atoms with Crippen molar-refractivity contribution in [1.82, 2.24) is 9.21 Å². The molecule has 0 unspecified atom stereocenters. The monoisotopic (exact) mass is 575 g/mol. The molecule has 42 heavy (non-hydrogen) atoms. The van der Waals surface area contributed by atoms with E-state index in [1.54, 1.807) is 28.6 Å². The minimum Gasteiger partial charge on any atom is -0.326 e. The quantitative estimate of drug-likeness (QED) is 0.242. The molecule has 1 fully saturated rings. The van der Waals surface area contributed by atoms with E-state index in [1.165, 1.54) is 11.1 Å². The average molecular weight is 576 g/mol. The molecule has 1 aliphatic rings. The predicted octanol–water partition coefficient (Wildman–Crippen LogP) is 6.12. The Hall–Kier alpha value is -4.30. The number of hydrogen-bond acceptors (Lipinski definition) is 4. The van der Waals surface area contributed by atoms with Gasteiger partial charge in [-0.25, -0.2) is 8.42 Å². The van der Waals surface area contributed by atoms with Gasteiger partial charge in [0.25, 0.3) is 0 Å². The van der Waals surface area contributed by atoms with Gasteiger partial charge in [0.1, 0.15) is 0 Å². The molecule has 6 nitrogen and oxygen atoms in total. The van der Waals surface area contributed by atoms with Gasteiger partial charge in [0.15, 0.2) is 0 Å². The summed E-state index contributed by atoms with van der Waals surface area (Å²) in [5, 5.41) is 5.05. The average Bonchev–Trinajstić information content (AvgIpc) is 3.03. The number of rotatable bonds is 8. The van der Waals surface area contributed by atoms with E-state index in [4.69, 9.17) is 0 Å². The lowest BCUT2D eigenvalue weighted by Crippen LogP contribution is -2.49. The number of fused-ring (bicyclic) bond motifs is 1. The second-order valence-electron chi connectivity index (χ2n) is 10.6. The van der Waals surface area contributed by atoms with Crippen LogP contribution in [-0.2, 0) is 21.2 Å². The smallest absolute Gasteiger partial charge is 0.243 e. The van der Waals surface area contributed by atoms with E-state index in [1.807, 2.05) is 78.9 Å². The van der Waals surface area contributed by atoms with Crippen LogP contribution in [0.25, 0.3) is 10.8 Å². The van der Waals surface area contributed by atoms with Gasteiger partial charge in [-0.1, -0.05) is 103 Å². The third kappa shape index (κ3) is 5.99. The van der Waals surface area contributed by atoms with E-state index in [9.17, 15) is 13.2 Å². The highest BCUT2D eigenvalue weighted by molar-refractivity contribution is 7.89. The van der Waals surface area contributed by atoms with Crippen LogP contribution in [0.4, 0.5) is 5.69 Å². The Morgan fingerprint density at radius 2 is 1.24 bits per heavy atom. The van der Waals surface area contributed by atoms with Crippen LogP contribution in [0, 0.1) is 0 Å². The van der Waals surface area contributed by atoms with Gasteiger partial charge < -0.3 is 5.32 Å². The molecule has 1 saturated heterocycles. The van der Waals surface area contributed by atoms with E-state index in [-0.39, 0.29) is 23.3 Å². The number of hydrogen-bond donors (Lipinski definition) is 1. The van der Waals surface area contributed by atoms with Crippen LogP contribution in [0.5, 0.6) is 0 Å². The molecule has 212 valence electrons. The minimum atomic E-state index is -3.66. The summed E-state index contributed by atoms with van der Waals surface area (Å²) in [4.78, 5) is 15.4. The van der Waals surface area contributed by atoms with Crippen molar-refractivity contribution >= 4 is 32.4 Å². The van der Waals surface area contributed by atoms with Crippen molar-refractivity contribution in [2.75, 3.05) is 31.5 Å². The van der Waals surface area contributed by atoms with Crippen molar-refractivity contribution < 1.29 is 13.2 Å². The van der Waals surface area contributed by atoms with Crippen LogP contribution in [0.3, 0.4) is 0 Å². The first-order valence-electron chi connectivity index (χ1n) is 14.2. The van der Waals surface area contributed by atoms with Gasteiger partial charge in [0, 0.05) is 31.9 Å². The normalized spacial score (nSPS) is 14.7. The van der Waals surface area contributed by atoms with Gasteiger partial charge in [-0.3, -0.25) is 9.69 Å². The topological polar surface area (TPSA) is 69.7 Å². The Bertz CT molecular complexity index is 1720. The number of amides is 1. The minimum absolute atomic E-state index is 0.0639. The van der Waals surface area contributed by atoms with Crippen molar-refractivity contribution in [3.63, 3.8) is 0 Å². The van der Waals surface area contributed by atoms with Crippen molar-refractivity contribution in [3.8, 4) is 0 Å². The molecule has 0 radical (unpaired) electrons. The fourth-order valence-corrected chi connectivity index (χ4v) is 7.19. The number of carbonyl (C=O) groups excluding carboxylic acids is 1. The third-order valence-corrected chi connectivity index (χ3v) is 9.79. The van der Waals surface area contributed by atoms with Crippen LogP contribution in [0.2, 0.25) is 0 Å².